The summed E-state index contributed by atoms with van der Waals surface area (Å²) in [6.45, 7) is 9.98. The topological polar surface area (TPSA) is 50.4 Å². The van der Waals surface area contributed by atoms with Crippen LogP contribution in [0.4, 0.5) is 5.69 Å². The van der Waals surface area contributed by atoms with Crippen molar-refractivity contribution in [2.24, 2.45) is 0 Å². The van der Waals surface area contributed by atoms with E-state index in [1.165, 1.54) is 0 Å². The molecule has 0 saturated carbocycles. The van der Waals surface area contributed by atoms with Gasteiger partial charge in [-0.1, -0.05) is 6.07 Å². The molecule has 19 heavy (non-hydrogen) atoms. The summed E-state index contributed by atoms with van der Waals surface area (Å²) in [5, 5.41) is 6.18. The molecule has 0 radical (unpaired) electrons. The van der Waals surface area contributed by atoms with Gasteiger partial charge in [0.2, 0.25) is 0 Å². The van der Waals surface area contributed by atoms with Gasteiger partial charge in [-0.25, -0.2) is 0 Å². The molecule has 0 fully saturated rings. The smallest absolute Gasteiger partial charge is 0.251 e. The third-order valence-corrected chi connectivity index (χ3v) is 2.81. The number of carbonyl (C=O) groups excluding carboxylic acids is 1. The monoisotopic (exact) mass is 264 g/mol. The van der Waals surface area contributed by atoms with Crippen LogP contribution in [0.2, 0.25) is 0 Å². The van der Waals surface area contributed by atoms with Crippen LogP contribution in [0.1, 0.15) is 36.7 Å². The summed E-state index contributed by atoms with van der Waals surface area (Å²) < 4.78 is 5.38. The quantitative estimate of drug-likeness (QED) is 0.796. The van der Waals surface area contributed by atoms with Crippen molar-refractivity contribution in [2.45, 2.75) is 33.7 Å². The Labute approximate surface area is 115 Å². The van der Waals surface area contributed by atoms with Crippen LogP contribution in [-0.2, 0) is 4.74 Å². The first kappa shape index (κ1) is 15.5. The first-order valence-electron chi connectivity index (χ1n) is 6.81. The molecule has 0 aromatic heterocycles. The number of rotatable bonds is 7. The van der Waals surface area contributed by atoms with Crippen molar-refractivity contribution in [3.8, 4) is 0 Å². The van der Waals surface area contributed by atoms with Crippen molar-refractivity contribution in [1.82, 2.24) is 5.32 Å². The lowest BCUT2D eigenvalue weighted by Gasteiger charge is -2.17. The molecular weight excluding hydrogens is 240 g/mol. The van der Waals surface area contributed by atoms with E-state index in [4.69, 9.17) is 4.74 Å². The van der Waals surface area contributed by atoms with Crippen LogP contribution >= 0.6 is 0 Å². The lowest BCUT2D eigenvalue weighted by Crippen LogP contribution is -2.24. The summed E-state index contributed by atoms with van der Waals surface area (Å²) in [4.78, 5) is 11.8. The summed E-state index contributed by atoms with van der Waals surface area (Å²) in [6, 6.07) is 5.91. The fraction of sp³-hybridized carbons (Fsp3) is 0.533. The largest absolute Gasteiger partial charge is 0.380 e. The number of aryl methyl sites for hydroxylation is 1. The van der Waals surface area contributed by atoms with E-state index in [0.29, 0.717) is 25.3 Å². The highest BCUT2D eigenvalue weighted by Crippen LogP contribution is 2.18. The van der Waals surface area contributed by atoms with E-state index in [0.717, 1.165) is 11.3 Å². The second-order valence-corrected chi connectivity index (χ2v) is 4.59. The van der Waals surface area contributed by atoms with Gasteiger partial charge in [-0.15, -0.1) is 0 Å². The summed E-state index contributed by atoms with van der Waals surface area (Å²) in [5.74, 6) is -0.0389. The zero-order valence-corrected chi connectivity index (χ0v) is 12.2. The molecule has 0 saturated heterocycles. The molecule has 1 rings (SSSR count). The molecule has 106 valence electrons. The maximum atomic E-state index is 11.8. The Balaban J connectivity index is 2.76. The summed E-state index contributed by atoms with van der Waals surface area (Å²) in [6.07, 6.45) is 0. The molecule has 1 aromatic carbocycles. The van der Waals surface area contributed by atoms with E-state index < -0.39 is 0 Å². The second-order valence-electron chi connectivity index (χ2n) is 4.59. The van der Waals surface area contributed by atoms with Gasteiger partial charge >= 0.3 is 0 Å². The molecule has 0 aliphatic carbocycles. The van der Waals surface area contributed by atoms with Crippen LogP contribution in [0.5, 0.6) is 0 Å². The van der Waals surface area contributed by atoms with Crippen molar-refractivity contribution in [3.05, 3.63) is 29.3 Å². The van der Waals surface area contributed by atoms with E-state index in [-0.39, 0.29) is 11.9 Å². The predicted octanol–water partition coefficient (Wildman–Crippen LogP) is 2.58. The number of anilines is 1. The lowest BCUT2D eigenvalue weighted by molar-refractivity contribution is 0.0956. The Morgan fingerprint density at radius 3 is 2.74 bits per heavy atom. The number of benzene rings is 1. The van der Waals surface area contributed by atoms with E-state index in [9.17, 15) is 4.79 Å². The highest BCUT2D eigenvalue weighted by molar-refractivity contribution is 5.95. The third kappa shape index (κ3) is 4.91. The minimum Gasteiger partial charge on any atom is -0.380 e. The van der Waals surface area contributed by atoms with Crippen molar-refractivity contribution >= 4 is 11.6 Å². The van der Waals surface area contributed by atoms with Gasteiger partial charge in [0.05, 0.1) is 6.61 Å². The Kier molecular flexibility index (Phi) is 6.36. The fourth-order valence-electron chi connectivity index (χ4n) is 1.78. The molecule has 1 amide bonds. The Morgan fingerprint density at radius 1 is 1.37 bits per heavy atom. The molecule has 1 atom stereocenters. The Bertz CT molecular complexity index is 419. The van der Waals surface area contributed by atoms with Crippen LogP contribution in [0.15, 0.2) is 18.2 Å². The molecule has 1 aromatic rings. The number of amides is 1. The SMILES string of the molecule is CCNC(=O)c1ccc(C)c(NC(C)COCC)c1. The Morgan fingerprint density at radius 2 is 2.11 bits per heavy atom. The third-order valence-electron chi connectivity index (χ3n) is 2.81. The number of nitrogens with one attached hydrogen (secondary N) is 2. The molecule has 0 aliphatic rings. The minimum atomic E-state index is -0.0389. The van der Waals surface area contributed by atoms with Gasteiger partial charge in [-0.2, -0.15) is 0 Å². The van der Waals surface area contributed by atoms with Gasteiger partial charge in [0.25, 0.3) is 5.91 Å². The molecule has 2 N–H and O–H groups in total. The molecule has 0 heterocycles. The number of ether oxygens (including phenoxy) is 1. The van der Waals surface area contributed by atoms with Gasteiger partial charge in [0.1, 0.15) is 0 Å². The van der Waals surface area contributed by atoms with Crippen molar-refractivity contribution in [1.29, 1.82) is 0 Å². The highest BCUT2D eigenvalue weighted by Gasteiger charge is 2.09. The number of hydrogen-bond donors (Lipinski definition) is 2. The van der Waals surface area contributed by atoms with Crippen LogP contribution in [0, 0.1) is 6.92 Å². The van der Waals surface area contributed by atoms with Crippen LogP contribution < -0.4 is 10.6 Å². The molecule has 1 unspecified atom stereocenters. The molecule has 0 aliphatic heterocycles. The van der Waals surface area contributed by atoms with E-state index in [2.05, 4.69) is 17.6 Å². The molecule has 4 nitrogen and oxygen atoms in total. The van der Waals surface area contributed by atoms with Gasteiger partial charge in [0.15, 0.2) is 0 Å². The Hall–Kier alpha value is -1.55. The minimum absolute atomic E-state index is 0.0389. The predicted molar refractivity (Wildman–Crippen MR) is 78.8 cm³/mol. The first-order valence-corrected chi connectivity index (χ1v) is 6.81. The normalized spacial score (nSPS) is 12.0. The zero-order chi connectivity index (χ0) is 14.3. The fourth-order valence-corrected chi connectivity index (χ4v) is 1.78. The molecule has 4 heteroatoms. The maximum Gasteiger partial charge on any atom is 0.251 e. The van der Waals surface area contributed by atoms with Gasteiger partial charge < -0.3 is 15.4 Å². The van der Waals surface area contributed by atoms with E-state index in [1.807, 2.05) is 39.0 Å². The summed E-state index contributed by atoms with van der Waals surface area (Å²) in [7, 11) is 0. The van der Waals surface area contributed by atoms with Gasteiger partial charge in [-0.3, -0.25) is 4.79 Å². The van der Waals surface area contributed by atoms with Crippen molar-refractivity contribution < 1.29 is 9.53 Å². The average molecular weight is 264 g/mol. The van der Waals surface area contributed by atoms with Gasteiger partial charge in [-0.05, 0) is 45.4 Å². The van der Waals surface area contributed by atoms with Crippen LogP contribution in [-0.4, -0.2) is 31.7 Å². The van der Waals surface area contributed by atoms with E-state index in [1.54, 1.807) is 0 Å². The first-order chi connectivity index (χ1) is 9.08. The zero-order valence-electron chi connectivity index (χ0n) is 12.2. The number of hydrogen-bond acceptors (Lipinski definition) is 3. The second kappa shape index (κ2) is 7.79. The maximum absolute atomic E-state index is 11.8. The molecular formula is C15H24N2O2. The number of carbonyl (C=O) groups is 1. The average Bonchev–Trinajstić information content (AvgIpc) is 2.39. The standard InChI is InChI=1S/C15H24N2O2/c1-5-16-15(18)13-8-7-11(3)14(9-13)17-12(4)10-19-6-2/h7-9,12,17H,5-6,10H2,1-4H3,(H,16,18). The van der Waals surface area contributed by atoms with Crippen molar-refractivity contribution in [3.63, 3.8) is 0 Å². The molecule has 0 bridgehead atoms. The summed E-state index contributed by atoms with van der Waals surface area (Å²) >= 11 is 0. The summed E-state index contributed by atoms with van der Waals surface area (Å²) in [5.41, 5.74) is 2.78. The van der Waals surface area contributed by atoms with Crippen LogP contribution in [0.3, 0.4) is 0 Å². The van der Waals surface area contributed by atoms with E-state index >= 15 is 0 Å². The highest BCUT2D eigenvalue weighted by atomic mass is 16.5. The van der Waals surface area contributed by atoms with Crippen LogP contribution in [0.25, 0.3) is 0 Å². The lowest BCUT2D eigenvalue weighted by atomic mass is 10.1. The van der Waals surface area contributed by atoms with Gasteiger partial charge in [0, 0.05) is 30.4 Å². The molecule has 0 spiro atoms. The van der Waals surface area contributed by atoms with Crippen molar-refractivity contribution in [2.75, 3.05) is 25.1 Å².